The van der Waals surface area contributed by atoms with Gasteiger partial charge in [-0.2, -0.15) is 5.10 Å². The second-order valence-electron chi connectivity index (χ2n) is 5.36. The van der Waals surface area contributed by atoms with E-state index >= 15 is 0 Å². The van der Waals surface area contributed by atoms with Gasteiger partial charge in [-0.15, -0.1) is 0 Å². The van der Waals surface area contributed by atoms with Gasteiger partial charge in [0.25, 0.3) is 0 Å². The number of rotatable bonds is 7. The van der Waals surface area contributed by atoms with Gasteiger partial charge in [0.15, 0.2) is 0 Å². The van der Waals surface area contributed by atoms with E-state index in [9.17, 15) is 14.3 Å². The first-order valence-corrected chi connectivity index (χ1v) is 8.31. The van der Waals surface area contributed by atoms with Crippen LogP contribution in [0, 0.1) is 5.82 Å². The van der Waals surface area contributed by atoms with Gasteiger partial charge in [0.2, 0.25) is 0 Å². The van der Waals surface area contributed by atoms with Gasteiger partial charge in [0.1, 0.15) is 11.4 Å². The number of aromatic carboxylic acids is 1. The molecule has 4 nitrogen and oxygen atoms in total. The quantitative estimate of drug-likeness (QED) is 0.728. The molecule has 0 saturated heterocycles. The van der Waals surface area contributed by atoms with Crippen molar-refractivity contribution in [2.45, 2.75) is 39.5 Å². The molecule has 0 unspecified atom stereocenters. The summed E-state index contributed by atoms with van der Waals surface area (Å²) < 4.78 is 14.9. The fraction of sp³-hybridized carbons (Fsp3) is 0.333. The summed E-state index contributed by atoms with van der Waals surface area (Å²) in [5.74, 6) is -1.52. The highest BCUT2D eigenvalue weighted by molar-refractivity contribution is 6.30. The Hall–Kier alpha value is -2.14. The number of aryl methyl sites for hydroxylation is 1. The highest BCUT2D eigenvalue weighted by Crippen LogP contribution is 2.24. The number of hydrogen-bond donors (Lipinski definition) is 1. The highest BCUT2D eigenvalue weighted by atomic mass is 35.5. The second kappa shape index (κ2) is 8.11. The molecule has 0 aliphatic rings. The zero-order valence-corrected chi connectivity index (χ0v) is 14.5. The van der Waals surface area contributed by atoms with Crippen molar-refractivity contribution in [2.24, 2.45) is 0 Å². The van der Waals surface area contributed by atoms with Gasteiger partial charge in [-0.25, -0.2) is 13.9 Å². The van der Waals surface area contributed by atoms with Gasteiger partial charge in [0, 0.05) is 0 Å². The molecule has 0 spiro atoms. The molecule has 0 aliphatic carbocycles. The average Bonchev–Trinajstić information content (AvgIpc) is 2.93. The maximum absolute atomic E-state index is 13.4. The van der Waals surface area contributed by atoms with Gasteiger partial charge in [0.05, 0.1) is 22.1 Å². The Labute approximate surface area is 145 Å². The van der Waals surface area contributed by atoms with Crippen LogP contribution in [0.1, 0.15) is 48.4 Å². The summed E-state index contributed by atoms with van der Waals surface area (Å²) in [6.45, 7) is 3.91. The minimum Gasteiger partial charge on any atom is -0.478 e. The van der Waals surface area contributed by atoms with Crippen LogP contribution in [0.2, 0.25) is 5.02 Å². The predicted octanol–water partition coefficient (Wildman–Crippen LogP) is 4.82. The number of aromatic nitrogens is 2. The van der Waals surface area contributed by atoms with E-state index in [-0.39, 0.29) is 10.6 Å². The third kappa shape index (κ3) is 3.85. The van der Waals surface area contributed by atoms with Gasteiger partial charge < -0.3 is 5.11 Å². The SMILES string of the molecule is CCC=CCCc1nn(-c2ccc(F)c(Cl)c2)c(CC)c1C(=O)O. The Morgan fingerprint density at radius 3 is 2.71 bits per heavy atom. The number of carbonyl (C=O) groups is 1. The maximum Gasteiger partial charge on any atom is 0.339 e. The molecule has 24 heavy (non-hydrogen) atoms. The number of benzene rings is 1. The van der Waals surface area contributed by atoms with Gasteiger partial charge in [-0.3, -0.25) is 0 Å². The van der Waals surface area contributed by atoms with Crippen molar-refractivity contribution in [3.8, 4) is 5.69 Å². The van der Waals surface area contributed by atoms with Crippen LogP contribution in [0.25, 0.3) is 5.69 Å². The van der Waals surface area contributed by atoms with Crippen molar-refractivity contribution >= 4 is 17.6 Å². The normalized spacial score (nSPS) is 11.3. The summed E-state index contributed by atoms with van der Waals surface area (Å²) in [6, 6.07) is 4.25. The molecule has 0 saturated carbocycles. The van der Waals surface area contributed by atoms with Crippen molar-refractivity contribution < 1.29 is 14.3 Å². The van der Waals surface area contributed by atoms with Crippen LogP contribution in [0.15, 0.2) is 30.4 Å². The monoisotopic (exact) mass is 350 g/mol. The van der Waals surface area contributed by atoms with E-state index < -0.39 is 11.8 Å². The number of allylic oxidation sites excluding steroid dienone is 2. The molecular formula is C18H20ClFN2O2. The van der Waals surface area contributed by atoms with Crippen LogP contribution in [0.4, 0.5) is 4.39 Å². The Kier molecular flexibility index (Phi) is 6.15. The minimum atomic E-state index is -0.999. The van der Waals surface area contributed by atoms with Crippen LogP contribution in [0.5, 0.6) is 0 Å². The zero-order valence-electron chi connectivity index (χ0n) is 13.7. The predicted molar refractivity (Wildman–Crippen MR) is 92.6 cm³/mol. The van der Waals surface area contributed by atoms with Crippen molar-refractivity contribution in [3.63, 3.8) is 0 Å². The van der Waals surface area contributed by atoms with Crippen molar-refractivity contribution in [3.05, 3.63) is 58.1 Å². The Morgan fingerprint density at radius 1 is 1.38 bits per heavy atom. The lowest BCUT2D eigenvalue weighted by molar-refractivity contribution is 0.0694. The smallest absolute Gasteiger partial charge is 0.339 e. The van der Waals surface area contributed by atoms with Crippen LogP contribution in [0.3, 0.4) is 0 Å². The maximum atomic E-state index is 13.4. The lowest BCUT2D eigenvalue weighted by Crippen LogP contribution is -2.06. The second-order valence-corrected chi connectivity index (χ2v) is 5.76. The van der Waals surface area contributed by atoms with Crippen molar-refractivity contribution in [1.82, 2.24) is 9.78 Å². The van der Waals surface area contributed by atoms with Crippen molar-refractivity contribution in [1.29, 1.82) is 0 Å². The summed E-state index contributed by atoms with van der Waals surface area (Å²) >= 11 is 5.85. The summed E-state index contributed by atoms with van der Waals surface area (Å²) in [5, 5.41) is 14.0. The molecule has 128 valence electrons. The first-order chi connectivity index (χ1) is 11.5. The van der Waals surface area contributed by atoms with Crippen LogP contribution in [-0.4, -0.2) is 20.9 Å². The summed E-state index contributed by atoms with van der Waals surface area (Å²) in [4.78, 5) is 11.7. The molecular weight excluding hydrogens is 331 g/mol. The summed E-state index contributed by atoms with van der Waals surface area (Å²) in [5.41, 5.74) is 1.89. The molecule has 2 aromatic rings. The first kappa shape index (κ1) is 18.2. The number of carboxylic acid groups (broad SMARTS) is 1. The number of carboxylic acids is 1. The standard InChI is InChI=1S/C18H20ClFN2O2/c1-3-5-6-7-8-15-17(18(23)24)16(4-2)22(21-15)12-9-10-14(20)13(19)11-12/h5-6,9-11H,3-4,7-8H2,1-2H3,(H,23,24). The van der Waals surface area contributed by atoms with E-state index in [1.54, 1.807) is 10.7 Å². The molecule has 0 amide bonds. The first-order valence-electron chi connectivity index (χ1n) is 7.94. The van der Waals surface area contributed by atoms with Gasteiger partial charge >= 0.3 is 5.97 Å². The third-order valence-corrected chi connectivity index (χ3v) is 3.99. The Morgan fingerprint density at radius 2 is 2.12 bits per heavy atom. The van der Waals surface area contributed by atoms with Crippen molar-refractivity contribution in [2.75, 3.05) is 0 Å². The molecule has 6 heteroatoms. The lowest BCUT2D eigenvalue weighted by Gasteiger charge is -2.07. The molecule has 2 rings (SSSR count). The van der Waals surface area contributed by atoms with Crippen LogP contribution >= 0.6 is 11.6 Å². The lowest BCUT2D eigenvalue weighted by atomic mass is 10.1. The molecule has 0 fully saturated rings. The van der Waals surface area contributed by atoms with E-state index in [0.717, 1.165) is 12.8 Å². The number of halogens is 2. The van der Waals surface area contributed by atoms with Gasteiger partial charge in [-0.05, 0) is 43.9 Å². The fourth-order valence-corrected chi connectivity index (χ4v) is 2.76. The Balaban J connectivity index is 2.49. The van der Waals surface area contributed by atoms with E-state index in [0.29, 0.717) is 29.9 Å². The average molecular weight is 351 g/mol. The summed E-state index contributed by atoms with van der Waals surface area (Å²) in [6.07, 6.45) is 6.75. The van der Waals surface area contributed by atoms with Gasteiger partial charge in [-0.1, -0.05) is 37.6 Å². The third-order valence-electron chi connectivity index (χ3n) is 3.70. The van der Waals surface area contributed by atoms with E-state index in [1.165, 1.54) is 12.1 Å². The van der Waals surface area contributed by atoms with E-state index in [1.807, 2.05) is 26.0 Å². The molecule has 0 atom stereocenters. The van der Waals surface area contributed by atoms with E-state index in [4.69, 9.17) is 11.6 Å². The van der Waals surface area contributed by atoms with Crippen LogP contribution < -0.4 is 0 Å². The fourth-order valence-electron chi connectivity index (χ4n) is 2.59. The molecule has 1 N–H and O–H groups in total. The molecule has 0 bridgehead atoms. The molecule has 1 aromatic carbocycles. The van der Waals surface area contributed by atoms with E-state index in [2.05, 4.69) is 5.10 Å². The summed E-state index contributed by atoms with van der Waals surface area (Å²) in [7, 11) is 0. The largest absolute Gasteiger partial charge is 0.478 e. The minimum absolute atomic E-state index is 0.0191. The molecule has 0 aliphatic heterocycles. The molecule has 0 radical (unpaired) electrons. The molecule has 1 heterocycles. The number of nitrogens with zero attached hydrogens (tertiary/aromatic N) is 2. The Bertz CT molecular complexity index is 769. The number of hydrogen-bond acceptors (Lipinski definition) is 2. The molecule has 1 aromatic heterocycles. The topological polar surface area (TPSA) is 55.1 Å². The zero-order chi connectivity index (χ0) is 17.7. The van der Waals surface area contributed by atoms with Crippen LogP contribution in [-0.2, 0) is 12.8 Å². The highest BCUT2D eigenvalue weighted by Gasteiger charge is 2.22.